The van der Waals surface area contributed by atoms with Crippen LogP contribution < -0.4 is 10.6 Å². The number of piperidine rings is 1. The molecule has 1 saturated heterocycles. The molecule has 1 unspecified atom stereocenters. The molecular formula is C14H16N2O5. The van der Waals surface area contributed by atoms with Crippen LogP contribution in [0, 0.1) is 5.92 Å². The van der Waals surface area contributed by atoms with Crippen molar-refractivity contribution in [2.24, 2.45) is 5.92 Å². The first-order valence-corrected chi connectivity index (χ1v) is 6.60. The van der Waals surface area contributed by atoms with Crippen molar-refractivity contribution in [2.75, 3.05) is 18.4 Å². The zero-order valence-electron chi connectivity index (χ0n) is 11.3. The molecule has 7 heteroatoms. The lowest BCUT2D eigenvalue weighted by molar-refractivity contribution is -0.120. The summed E-state index contributed by atoms with van der Waals surface area (Å²) in [6.45, 7) is 1.44. The Morgan fingerprint density at radius 1 is 1.10 bits per heavy atom. The minimum atomic E-state index is -1.24. The maximum absolute atomic E-state index is 12.1. The Balaban J connectivity index is 2.20. The number of hydrogen-bond acceptors (Lipinski definition) is 4. The summed E-state index contributed by atoms with van der Waals surface area (Å²) in [7, 11) is 0. The molecule has 1 heterocycles. The number of carbonyl (C=O) groups excluding carboxylic acids is 1. The minimum absolute atomic E-state index is 0.174. The van der Waals surface area contributed by atoms with E-state index < -0.39 is 11.9 Å². The van der Waals surface area contributed by atoms with Gasteiger partial charge in [-0.25, -0.2) is 9.59 Å². The van der Waals surface area contributed by atoms with Crippen molar-refractivity contribution in [3.63, 3.8) is 0 Å². The van der Waals surface area contributed by atoms with Gasteiger partial charge < -0.3 is 20.8 Å². The van der Waals surface area contributed by atoms with Gasteiger partial charge in [-0.05, 0) is 37.6 Å². The largest absolute Gasteiger partial charge is 0.478 e. The lowest BCUT2D eigenvalue weighted by Gasteiger charge is -2.22. The van der Waals surface area contributed by atoms with Gasteiger partial charge in [-0.2, -0.15) is 0 Å². The van der Waals surface area contributed by atoms with Crippen LogP contribution in [-0.4, -0.2) is 41.1 Å². The van der Waals surface area contributed by atoms with E-state index in [0.717, 1.165) is 25.5 Å². The van der Waals surface area contributed by atoms with E-state index in [1.54, 1.807) is 0 Å². The van der Waals surface area contributed by atoms with Gasteiger partial charge in [0, 0.05) is 12.2 Å². The molecule has 2 rings (SSSR count). The summed E-state index contributed by atoms with van der Waals surface area (Å²) in [4.78, 5) is 34.1. The summed E-state index contributed by atoms with van der Waals surface area (Å²) < 4.78 is 0. The Morgan fingerprint density at radius 3 is 2.19 bits per heavy atom. The summed E-state index contributed by atoms with van der Waals surface area (Å²) in [6.07, 6.45) is 1.65. The normalized spacial score (nSPS) is 18.0. The average molecular weight is 292 g/mol. The Bertz CT molecular complexity index is 546. The molecule has 112 valence electrons. The van der Waals surface area contributed by atoms with Crippen LogP contribution in [0.5, 0.6) is 0 Å². The number of rotatable bonds is 4. The molecule has 0 saturated carbocycles. The second-order valence-corrected chi connectivity index (χ2v) is 4.94. The van der Waals surface area contributed by atoms with Crippen molar-refractivity contribution in [3.8, 4) is 0 Å². The van der Waals surface area contributed by atoms with Gasteiger partial charge in [0.2, 0.25) is 5.91 Å². The van der Waals surface area contributed by atoms with E-state index in [2.05, 4.69) is 10.6 Å². The molecular weight excluding hydrogens is 276 g/mol. The van der Waals surface area contributed by atoms with E-state index in [1.165, 1.54) is 12.1 Å². The van der Waals surface area contributed by atoms with E-state index in [1.807, 2.05) is 0 Å². The van der Waals surface area contributed by atoms with Crippen LogP contribution in [0.3, 0.4) is 0 Å². The molecule has 0 spiro atoms. The highest BCUT2D eigenvalue weighted by molar-refractivity contribution is 5.99. The second-order valence-electron chi connectivity index (χ2n) is 4.94. The van der Waals surface area contributed by atoms with Crippen molar-refractivity contribution < 1.29 is 24.6 Å². The molecule has 7 nitrogen and oxygen atoms in total. The zero-order valence-corrected chi connectivity index (χ0v) is 11.3. The molecule has 0 aliphatic carbocycles. The Labute approximate surface area is 121 Å². The number of anilines is 1. The predicted molar refractivity (Wildman–Crippen MR) is 74.6 cm³/mol. The maximum atomic E-state index is 12.1. The van der Waals surface area contributed by atoms with Crippen LogP contribution in [0.1, 0.15) is 33.6 Å². The first-order valence-electron chi connectivity index (χ1n) is 6.60. The van der Waals surface area contributed by atoms with Gasteiger partial charge in [-0.1, -0.05) is 0 Å². The van der Waals surface area contributed by atoms with E-state index >= 15 is 0 Å². The lowest BCUT2D eigenvalue weighted by Crippen LogP contribution is -2.37. The highest BCUT2D eigenvalue weighted by Gasteiger charge is 2.21. The molecule has 1 amide bonds. The number of aromatic carboxylic acids is 2. The predicted octanol–water partition coefficient (Wildman–Crippen LogP) is 1.02. The quantitative estimate of drug-likeness (QED) is 0.658. The van der Waals surface area contributed by atoms with Crippen LogP contribution in [0.4, 0.5) is 5.69 Å². The molecule has 0 aromatic heterocycles. The van der Waals surface area contributed by atoms with Gasteiger partial charge in [0.15, 0.2) is 0 Å². The molecule has 1 aliphatic heterocycles. The van der Waals surface area contributed by atoms with Crippen molar-refractivity contribution in [3.05, 3.63) is 29.3 Å². The van der Waals surface area contributed by atoms with Gasteiger partial charge in [0.25, 0.3) is 0 Å². The van der Waals surface area contributed by atoms with E-state index in [4.69, 9.17) is 10.2 Å². The molecule has 0 bridgehead atoms. The van der Waals surface area contributed by atoms with Crippen LogP contribution >= 0.6 is 0 Å². The zero-order chi connectivity index (χ0) is 15.4. The maximum Gasteiger partial charge on any atom is 0.335 e. The summed E-state index contributed by atoms with van der Waals surface area (Å²) in [6, 6.07) is 3.56. The first-order chi connectivity index (χ1) is 9.97. The lowest BCUT2D eigenvalue weighted by atomic mass is 9.98. The summed E-state index contributed by atoms with van der Waals surface area (Å²) in [5.41, 5.74) is -0.165. The fraction of sp³-hybridized carbons (Fsp3) is 0.357. The van der Waals surface area contributed by atoms with Gasteiger partial charge in [-0.15, -0.1) is 0 Å². The monoisotopic (exact) mass is 292 g/mol. The van der Waals surface area contributed by atoms with E-state index in [-0.39, 0.29) is 28.6 Å². The molecule has 4 N–H and O–H groups in total. The van der Waals surface area contributed by atoms with Crippen molar-refractivity contribution in [1.82, 2.24) is 5.32 Å². The standard InChI is InChI=1S/C14H16N2O5/c17-12(8-2-1-3-15-7-8)16-11-5-9(13(18)19)4-10(6-11)14(20)21/h4-6,8,15H,1-3,7H2,(H,16,17)(H,18,19)(H,20,21). The fourth-order valence-electron chi connectivity index (χ4n) is 2.27. The number of carboxylic acid groups (broad SMARTS) is 2. The number of hydrogen-bond donors (Lipinski definition) is 4. The Kier molecular flexibility index (Phi) is 4.54. The molecule has 1 aromatic carbocycles. The van der Waals surface area contributed by atoms with Crippen molar-refractivity contribution in [1.29, 1.82) is 0 Å². The van der Waals surface area contributed by atoms with Crippen LogP contribution in [0.2, 0.25) is 0 Å². The highest BCUT2D eigenvalue weighted by Crippen LogP contribution is 2.18. The SMILES string of the molecule is O=C(O)c1cc(NC(=O)C2CCCNC2)cc(C(=O)O)c1. The van der Waals surface area contributed by atoms with Crippen molar-refractivity contribution >= 4 is 23.5 Å². The Morgan fingerprint density at radius 2 is 1.71 bits per heavy atom. The summed E-state index contributed by atoms with van der Waals surface area (Å²) >= 11 is 0. The van der Waals surface area contributed by atoms with E-state index in [0.29, 0.717) is 6.54 Å². The number of carbonyl (C=O) groups is 3. The van der Waals surface area contributed by atoms with Crippen LogP contribution in [0.15, 0.2) is 18.2 Å². The van der Waals surface area contributed by atoms with Gasteiger partial charge in [0.05, 0.1) is 17.0 Å². The third kappa shape index (κ3) is 3.79. The molecule has 1 aromatic rings. The van der Waals surface area contributed by atoms with Gasteiger partial charge >= 0.3 is 11.9 Å². The topological polar surface area (TPSA) is 116 Å². The van der Waals surface area contributed by atoms with Gasteiger partial charge in [0.1, 0.15) is 0 Å². The number of benzene rings is 1. The van der Waals surface area contributed by atoms with Crippen molar-refractivity contribution in [2.45, 2.75) is 12.8 Å². The van der Waals surface area contributed by atoms with Gasteiger partial charge in [-0.3, -0.25) is 4.79 Å². The van der Waals surface area contributed by atoms with Crippen LogP contribution in [0.25, 0.3) is 0 Å². The minimum Gasteiger partial charge on any atom is -0.478 e. The Hall–Kier alpha value is -2.41. The number of nitrogens with one attached hydrogen (secondary N) is 2. The molecule has 1 atom stereocenters. The van der Waals surface area contributed by atoms with E-state index in [9.17, 15) is 14.4 Å². The smallest absolute Gasteiger partial charge is 0.335 e. The fourth-order valence-corrected chi connectivity index (χ4v) is 2.27. The summed E-state index contributed by atoms with van der Waals surface area (Å²) in [5.74, 6) is -2.91. The highest BCUT2D eigenvalue weighted by atomic mass is 16.4. The van der Waals surface area contributed by atoms with Crippen LogP contribution in [-0.2, 0) is 4.79 Å². The third-order valence-corrected chi connectivity index (χ3v) is 3.36. The molecule has 1 fully saturated rings. The summed E-state index contributed by atoms with van der Waals surface area (Å²) in [5, 5.41) is 23.7. The number of carboxylic acids is 2. The molecule has 0 radical (unpaired) electrons. The second kappa shape index (κ2) is 6.36. The average Bonchev–Trinajstić information content (AvgIpc) is 2.47. The molecule has 21 heavy (non-hydrogen) atoms. The third-order valence-electron chi connectivity index (χ3n) is 3.36. The molecule has 1 aliphatic rings. The number of amides is 1. The first kappa shape index (κ1) is 15.0.